The second kappa shape index (κ2) is 3.35. The highest BCUT2D eigenvalue weighted by molar-refractivity contribution is 5.92. The predicted molar refractivity (Wildman–Crippen MR) is 44.3 cm³/mol. The maximum atomic E-state index is 11.6. The highest BCUT2D eigenvalue weighted by Gasteiger charge is 2.33. The molecule has 1 aliphatic heterocycles. The van der Waals surface area contributed by atoms with Gasteiger partial charge in [-0.2, -0.15) is 15.4 Å². The second-order valence-corrected chi connectivity index (χ2v) is 3.20. The summed E-state index contributed by atoms with van der Waals surface area (Å²) in [5.41, 5.74) is 0.186. The Balaban J connectivity index is 2.07. The lowest BCUT2D eigenvalue weighted by Crippen LogP contribution is -2.30. The molecule has 2 atom stereocenters. The largest absolute Gasteiger partial charge is 0.388 e. The van der Waals surface area contributed by atoms with Crippen molar-refractivity contribution in [3.8, 4) is 0 Å². The van der Waals surface area contributed by atoms with Gasteiger partial charge in [0.2, 0.25) is 0 Å². The van der Waals surface area contributed by atoms with Crippen molar-refractivity contribution in [2.75, 3.05) is 13.1 Å². The molecule has 0 bridgehead atoms. The van der Waals surface area contributed by atoms with Crippen LogP contribution in [-0.2, 0) is 0 Å². The molecule has 0 saturated carbocycles. The predicted octanol–water partition coefficient (Wildman–Crippen LogP) is -2.02. The Morgan fingerprint density at radius 1 is 1.50 bits per heavy atom. The van der Waals surface area contributed by atoms with Crippen LogP contribution in [0.2, 0.25) is 0 Å². The number of rotatable bonds is 1. The first kappa shape index (κ1) is 9.10. The number of aromatic nitrogens is 3. The molecule has 2 rings (SSSR count). The molecule has 3 N–H and O–H groups in total. The van der Waals surface area contributed by atoms with Crippen molar-refractivity contribution in [3.05, 3.63) is 11.9 Å². The molecule has 76 valence electrons. The fourth-order valence-corrected chi connectivity index (χ4v) is 1.40. The van der Waals surface area contributed by atoms with Crippen molar-refractivity contribution < 1.29 is 15.0 Å². The number of hydrogen-bond donors (Lipinski definition) is 3. The van der Waals surface area contributed by atoms with Gasteiger partial charge in [0.1, 0.15) is 0 Å². The Bertz CT molecular complexity index is 316. The summed E-state index contributed by atoms with van der Waals surface area (Å²) in [6.07, 6.45) is -0.434. The molecule has 1 saturated heterocycles. The van der Waals surface area contributed by atoms with Gasteiger partial charge in [-0.15, -0.1) is 0 Å². The highest BCUT2D eigenvalue weighted by Crippen LogP contribution is 2.12. The number of likely N-dealkylation sites (tertiary alicyclic amines) is 1. The minimum absolute atomic E-state index is 0.132. The smallest absolute Gasteiger partial charge is 0.276 e. The van der Waals surface area contributed by atoms with Crippen LogP contribution in [-0.4, -0.2) is 61.7 Å². The van der Waals surface area contributed by atoms with E-state index in [1.165, 1.54) is 11.1 Å². The molecular formula is C7H10N4O3. The summed E-state index contributed by atoms with van der Waals surface area (Å²) < 4.78 is 0. The lowest BCUT2D eigenvalue weighted by atomic mass is 10.3. The summed E-state index contributed by atoms with van der Waals surface area (Å²) in [6, 6.07) is 0. The van der Waals surface area contributed by atoms with Crippen LogP contribution in [0.4, 0.5) is 0 Å². The molecule has 1 fully saturated rings. The number of nitrogens with zero attached hydrogens (tertiary/aromatic N) is 3. The van der Waals surface area contributed by atoms with Gasteiger partial charge in [0.25, 0.3) is 5.91 Å². The quantitative estimate of drug-likeness (QED) is 0.483. The Morgan fingerprint density at radius 2 is 2.14 bits per heavy atom. The average Bonchev–Trinajstić information content (AvgIpc) is 2.76. The number of carbonyl (C=O) groups is 1. The van der Waals surface area contributed by atoms with Gasteiger partial charge in [0.05, 0.1) is 18.4 Å². The molecule has 1 aliphatic rings. The molecule has 2 heterocycles. The first-order valence-electron chi connectivity index (χ1n) is 4.19. The van der Waals surface area contributed by atoms with E-state index < -0.39 is 12.2 Å². The third-order valence-corrected chi connectivity index (χ3v) is 2.18. The third kappa shape index (κ3) is 1.47. The zero-order valence-corrected chi connectivity index (χ0v) is 7.29. The summed E-state index contributed by atoms with van der Waals surface area (Å²) in [7, 11) is 0. The monoisotopic (exact) mass is 198 g/mol. The lowest BCUT2D eigenvalue weighted by molar-refractivity contribution is 0.0572. The highest BCUT2D eigenvalue weighted by atomic mass is 16.3. The number of aromatic amines is 1. The van der Waals surface area contributed by atoms with E-state index in [2.05, 4.69) is 15.4 Å². The number of nitrogens with one attached hydrogen (secondary N) is 1. The lowest BCUT2D eigenvalue weighted by Gasteiger charge is -2.12. The Labute approximate surface area is 79.3 Å². The average molecular weight is 198 g/mol. The standard InChI is InChI=1S/C7H10N4O3/c12-5-2-11(3-6(5)13)7(14)4-1-8-10-9-4/h1,5-6,12-13H,2-3H2,(H,8,9,10). The van der Waals surface area contributed by atoms with Crippen LogP contribution >= 0.6 is 0 Å². The van der Waals surface area contributed by atoms with Crippen molar-refractivity contribution in [2.24, 2.45) is 0 Å². The molecule has 2 unspecified atom stereocenters. The zero-order chi connectivity index (χ0) is 10.1. The minimum Gasteiger partial charge on any atom is -0.388 e. The molecule has 1 amide bonds. The summed E-state index contributed by atoms with van der Waals surface area (Å²) in [6.45, 7) is 0.264. The van der Waals surface area contributed by atoms with E-state index in [0.29, 0.717) is 0 Å². The van der Waals surface area contributed by atoms with Gasteiger partial charge in [-0.3, -0.25) is 4.79 Å². The van der Waals surface area contributed by atoms with Crippen molar-refractivity contribution in [1.29, 1.82) is 0 Å². The molecule has 0 radical (unpaired) electrons. The van der Waals surface area contributed by atoms with Crippen LogP contribution in [0.1, 0.15) is 10.5 Å². The van der Waals surface area contributed by atoms with E-state index in [9.17, 15) is 15.0 Å². The number of H-pyrrole nitrogens is 1. The Hall–Kier alpha value is -1.47. The van der Waals surface area contributed by atoms with Gasteiger partial charge < -0.3 is 15.1 Å². The summed E-state index contributed by atoms with van der Waals surface area (Å²) >= 11 is 0. The molecular weight excluding hydrogens is 188 g/mol. The van der Waals surface area contributed by atoms with Crippen LogP contribution < -0.4 is 0 Å². The number of aliphatic hydroxyl groups is 2. The van der Waals surface area contributed by atoms with E-state index in [-0.39, 0.29) is 24.7 Å². The van der Waals surface area contributed by atoms with Crippen LogP contribution in [0.25, 0.3) is 0 Å². The normalized spacial score (nSPS) is 26.9. The fraction of sp³-hybridized carbons (Fsp3) is 0.571. The zero-order valence-electron chi connectivity index (χ0n) is 7.29. The maximum absolute atomic E-state index is 11.6. The SMILES string of the molecule is O=C(c1cn[nH]n1)N1CC(O)C(O)C1. The van der Waals surface area contributed by atoms with Crippen molar-refractivity contribution in [3.63, 3.8) is 0 Å². The summed E-state index contributed by atoms with van der Waals surface area (Å²) in [5, 5.41) is 27.9. The fourth-order valence-electron chi connectivity index (χ4n) is 1.40. The van der Waals surface area contributed by atoms with E-state index in [1.54, 1.807) is 0 Å². The Morgan fingerprint density at radius 3 is 2.64 bits per heavy atom. The number of β-amino-alcohol motifs (C(OH)–C–C–N with tert-alkyl or cyclic N) is 2. The minimum atomic E-state index is -0.870. The van der Waals surface area contributed by atoms with Crippen LogP contribution in [0.15, 0.2) is 6.20 Å². The third-order valence-electron chi connectivity index (χ3n) is 2.18. The maximum Gasteiger partial charge on any atom is 0.276 e. The molecule has 7 nitrogen and oxygen atoms in total. The van der Waals surface area contributed by atoms with Crippen molar-refractivity contribution >= 4 is 5.91 Å². The second-order valence-electron chi connectivity index (χ2n) is 3.20. The molecule has 1 aromatic heterocycles. The van der Waals surface area contributed by atoms with Gasteiger partial charge in [0, 0.05) is 13.1 Å². The Kier molecular flexibility index (Phi) is 2.18. The van der Waals surface area contributed by atoms with Gasteiger partial charge >= 0.3 is 0 Å². The molecule has 14 heavy (non-hydrogen) atoms. The molecule has 1 aromatic rings. The number of aliphatic hydroxyl groups excluding tert-OH is 2. The van der Waals surface area contributed by atoms with Crippen molar-refractivity contribution in [1.82, 2.24) is 20.3 Å². The molecule has 0 spiro atoms. The molecule has 0 aliphatic carbocycles. The van der Waals surface area contributed by atoms with Crippen LogP contribution in [0.3, 0.4) is 0 Å². The molecule has 0 aromatic carbocycles. The first-order chi connectivity index (χ1) is 6.68. The van der Waals surface area contributed by atoms with Crippen LogP contribution in [0, 0.1) is 0 Å². The summed E-state index contributed by atoms with van der Waals surface area (Å²) in [4.78, 5) is 12.9. The van der Waals surface area contributed by atoms with E-state index in [4.69, 9.17) is 0 Å². The topological polar surface area (TPSA) is 102 Å². The number of hydrogen-bond acceptors (Lipinski definition) is 5. The first-order valence-corrected chi connectivity index (χ1v) is 4.19. The van der Waals surface area contributed by atoms with E-state index in [1.807, 2.05) is 0 Å². The van der Waals surface area contributed by atoms with Gasteiger partial charge in [0.15, 0.2) is 5.69 Å². The molecule has 7 heteroatoms. The van der Waals surface area contributed by atoms with Gasteiger partial charge in [-0.1, -0.05) is 0 Å². The number of carbonyl (C=O) groups excluding carboxylic acids is 1. The number of amides is 1. The van der Waals surface area contributed by atoms with E-state index >= 15 is 0 Å². The summed E-state index contributed by atoms with van der Waals surface area (Å²) in [5.74, 6) is -0.339. The van der Waals surface area contributed by atoms with Gasteiger partial charge in [-0.25, -0.2) is 0 Å². The van der Waals surface area contributed by atoms with Crippen molar-refractivity contribution in [2.45, 2.75) is 12.2 Å². The van der Waals surface area contributed by atoms with E-state index in [0.717, 1.165) is 0 Å². The van der Waals surface area contributed by atoms with Gasteiger partial charge in [-0.05, 0) is 0 Å². The van der Waals surface area contributed by atoms with Crippen LogP contribution in [0.5, 0.6) is 0 Å².